The fourth-order valence-corrected chi connectivity index (χ4v) is 3.67. The number of aromatic hydroxyl groups is 3. The van der Waals surface area contributed by atoms with Crippen molar-refractivity contribution in [1.82, 2.24) is 0 Å². The number of phenols is 3. The minimum absolute atomic E-state index is 0. The molecule has 0 saturated heterocycles. The van der Waals surface area contributed by atoms with Crippen molar-refractivity contribution in [1.29, 1.82) is 0 Å². The molecule has 0 spiro atoms. The van der Waals surface area contributed by atoms with Crippen molar-refractivity contribution in [2.75, 3.05) is 25.7 Å². The van der Waals surface area contributed by atoms with Crippen LogP contribution in [0.2, 0.25) is 0 Å². The number of nitrogen functional groups attached to an aromatic ring is 2. The van der Waals surface area contributed by atoms with E-state index in [4.69, 9.17) is 29.8 Å². The third kappa shape index (κ3) is 28.4. The zero-order valence-electron chi connectivity index (χ0n) is 32.9. The first-order valence-corrected chi connectivity index (χ1v) is 15.5. The monoisotopic (exact) mass is 1310 g/mol. The Labute approximate surface area is 402 Å². The summed E-state index contributed by atoms with van der Waals surface area (Å²) in [5.74, 6) is -3.64. The number of aliphatic carboxylic acids is 1. The Kier molecular flexibility index (Phi) is 41.7. The fourth-order valence-electron chi connectivity index (χ4n) is 3.67. The molecule has 0 aliphatic heterocycles. The largest absolute Gasteiger partial charge is 0.507 e. The van der Waals surface area contributed by atoms with Gasteiger partial charge in [0.15, 0.2) is 0 Å². The summed E-state index contributed by atoms with van der Waals surface area (Å²) in [7, 11) is 2.49. The van der Waals surface area contributed by atoms with Crippen LogP contribution < -0.4 is 11.5 Å². The third-order valence-corrected chi connectivity index (χ3v) is 6.21. The van der Waals surface area contributed by atoms with Crippen LogP contribution in [0.3, 0.4) is 0 Å². The first-order valence-electron chi connectivity index (χ1n) is 16.5. The average Bonchev–Trinajstić information content (AvgIpc) is 3.14. The van der Waals surface area contributed by atoms with Gasteiger partial charge in [-0.25, -0.2) is 14.4 Å². The van der Waals surface area contributed by atoms with E-state index in [-0.39, 0.29) is 159 Å². The molecule has 0 fully saturated rings. The molecule has 9 N–H and O–H groups in total. The average molecular weight is 1310 g/mol. The smallest absolute Gasteiger partial charge is 0.341 e. The van der Waals surface area contributed by atoms with Crippen LogP contribution in [0.25, 0.3) is 0 Å². The first kappa shape index (κ1) is 62.2. The Hall–Kier alpha value is -3.04. The number of carbonyl (C=O) groups excluding carboxylic acids is 3. The number of aromatic carboxylic acids is 1. The molecular formula is C38H52N2O12U2V2. The van der Waals surface area contributed by atoms with Crippen molar-refractivity contribution in [3.05, 3.63) is 101 Å². The van der Waals surface area contributed by atoms with Gasteiger partial charge in [-0.3, -0.25) is 9.59 Å². The molecule has 0 amide bonds. The van der Waals surface area contributed by atoms with Crippen molar-refractivity contribution < 1.29 is 161 Å². The number of Topliss-reactive ketones (excluding diaryl/α,β-unsaturated/α-hetero) is 1. The van der Waals surface area contributed by atoms with E-state index in [1.165, 1.54) is 62.8 Å². The SMILES string of the molecule is C.CC/C=C\CC(=O)Cc1ccc(O)c(C(=O)OC)c1.CCC/C=C\CC(=O)O.COC(=O)c1cc(N)ccc1O.Nc1ccc(O)c(C(=O)O)c1.[3H][3H].[U].[U].[V].[V]. The Morgan fingerprint density at radius 3 is 1.52 bits per heavy atom. The van der Waals surface area contributed by atoms with E-state index in [1.807, 2.05) is 25.2 Å². The van der Waals surface area contributed by atoms with Gasteiger partial charge in [-0.2, -0.15) is 0 Å². The number of unbranched alkanes of at least 4 members (excludes halogenated alkanes) is 1. The Morgan fingerprint density at radius 2 is 1.11 bits per heavy atom. The van der Waals surface area contributed by atoms with Gasteiger partial charge in [0.05, 0.1) is 20.6 Å². The van der Waals surface area contributed by atoms with Crippen molar-refractivity contribution >= 4 is 41.0 Å². The van der Waals surface area contributed by atoms with Crippen LogP contribution in [0.5, 0.6) is 17.2 Å². The molecule has 3 aromatic rings. The molecule has 3 rings (SSSR count). The fraction of sp³-hybridized carbons (Fsp3) is 0.289. The van der Waals surface area contributed by atoms with Gasteiger partial charge >= 0.3 is 23.9 Å². The molecule has 0 unspecified atom stereocenters. The number of allylic oxidation sites excluding steroid dienone is 3. The summed E-state index contributed by atoms with van der Waals surface area (Å²) in [4.78, 5) is 54.3. The van der Waals surface area contributed by atoms with Crippen LogP contribution in [-0.4, -0.2) is 69.4 Å². The molecule has 0 saturated carbocycles. The molecule has 18 heteroatoms. The molecule has 14 nitrogen and oxygen atoms in total. The molecule has 0 aliphatic carbocycles. The summed E-state index contributed by atoms with van der Waals surface area (Å²) in [6.45, 7) is 4.06. The van der Waals surface area contributed by atoms with Gasteiger partial charge in [-0.15, -0.1) is 0 Å². The zero-order chi connectivity index (χ0) is 40.9. The first-order chi connectivity index (χ1) is 25.1. The van der Waals surface area contributed by atoms with E-state index in [2.05, 4.69) is 16.4 Å². The predicted molar refractivity (Wildman–Crippen MR) is 201 cm³/mol. The maximum absolute atomic E-state index is 11.7. The van der Waals surface area contributed by atoms with Gasteiger partial charge in [-0.05, 0) is 66.9 Å². The van der Waals surface area contributed by atoms with E-state index >= 15 is 0 Å². The van der Waals surface area contributed by atoms with Crippen LogP contribution in [0, 0.1) is 62.2 Å². The number of rotatable bonds is 12. The number of methoxy groups -OCH3 is 2. The molecule has 0 aliphatic rings. The quantitative estimate of drug-likeness (QED) is 0.0428. The van der Waals surface area contributed by atoms with E-state index in [9.17, 15) is 34.2 Å². The summed E-state index contributed by atoms with van der Waals surface area (Å²) in [5, 5.41) is 44.3. The normalized spacial score (nSPS) is 9.29. The standard InChI is InChI=1S/C15H18O4.C8H9NO3.C7H7NO3.C7H12O2.CH4.2U.2V.H2/c1-3-4-5-6-12(16)9-11-7-8-14(17)13(10-11)15(18)19-2;1-12-8(11)6-4-5(9)2-3-7(6)10;8-4-1-2-6(9)5(3-4)7(10)11;1-2-3-4-5-6-7(8)9;;;;;;/h4-5,7-8,10,17H,3,6,9H2,1-2H3;2-4,10H,9H2,1H3;1-3,9H,8H2,(H,10,11);4-5H,2-3,6H2,1H3,(H,8,9);1H4;;;;;1H/b5-4-;;;5-4-;;;;;;/i;;;;;;;;;1+2T. The second-order valence-electron chi connectivity index (χ2n) is 10.4. The molecule has 0 heterocycles. The van der Waals surface area contributed by atoms with E-state index in [1.54, 1.807) is 12.1 Å². The number of anilines is 2. The third-order valence-electron chi connectivity index (χ3n) is 6.21. The summed E-state index contributed by atoms with van der Waals surface area (Å²) in [6, 6.07) is 12.6. The second kappa shape index (κ2) is 37.5. The van der Waals surface area contributed by atoms with Gasteiger partial charge in [-0.1, -0.05) is 58.1 Å². The predicted octanol–water partition coefficient (Wildman–Crippen LogP) is 6.77. The maximum Gasteiger partial charge on any atom is 0.341 e. The molecule has 0 aromatic heterocycles. The maximum atomic E-state index is 11.7. The molecule has 304 valence electrons. The van der Waals surface area contributed by atoms with Crippen molar-refractivity contribution in [3.8, 4) is 17.2 Å². The number of esters is 2. The number of carboxylic acid groups (broad SMARTS) is 2. The summed E-state index contributed by atoms with van der Waals surface area (Å²) >= 11 is 0. The molecular weight excluding hydrogens is 1250 g/mol. The van der Waals surface area contributed by atoms with Crippen LogP contribution in [-0.2, 0) is 62.6 Å². The minimum Gasteiger partial charge on any atom is -0.507 e. The Bertz CT molecular complexity index is 1700. The Morgan fingerprint density at radius 1 is 0.679 bits per heavy atom. The molecule has 3 aromatic carbocycles. The van der Waals surface area contributed by atoms with Crippen LogP contribution in [0.4, 0.5) is 11.4 Å². The van der Waals surface area contributed by atoms with Crippen LogP contribution in [0.15, 0.2) is 78.9 Å². The zero-order valence-corrected chi connectivity index (χ0v) is 42.0. The number of nitrogens with two attached hydrogens (primary N) is 2. The number of ketones is 1. The molecule has 56 heavy (non-hydrogen) atoms. The number of hydrogen-bond acceptors (Lipinski definition) is 12. The topological polar surface area (TPSA) is 257 Å². The molecule has 0 atom stereocenters. The van der Waals surface area contributed by atoms with E-state index in [0.717, 1.165) is 19.3 Å². The summed E-state index contributed by atoms with van der Waals surface area (Å²) < 4.78 is 19.0. The van der Waals surface area contributed by atoms with Gasteiger partial charge in [0, 0.05) is 127 Å². The number of phenolic OH excluding ortho intramolecular Hbond substituents is 2. The van der Waals surface area contributed by atoms with Gasteiger partial charge in [0.2, 0.25) is 0 Å². The second-order valence-corrected chi connectivity index (χ2v) is 10.4. The van der Waals surface area contributed by atoms with E-state index in [0.29, 0.717) is 23.4 Å². The number of ether oxygens (including phenoxy) is 2. The van der Waals surface area contributed by atoms with Crippen molar-refractivity contribution in [3.63, 3.8) is 0 Å². The van der Waals surface area contributed by atoms with Crippen molar-refractivity contribution in [2.24, 2.45) is 0 Å². The Balaban J connectivity index is -0.000000119. The minimum atomic E-state index is -1.19. The summed E-state index contributed by atoms with van der Waals surface area (Å²) in [6.07, 6.45) is 11.1. The van der Waals surface area contributed by atoms with Gasteiger partial charge in [0.1, 0.15) is 39.7 Å². The van der Waals surface area contributed by atoms with Gasteiger partial charge in [0.25, 0.3) is 0 Å². The number of hydrogen-bond donors (Lipinski definition) is 7. The van der Waals surface area contributed by atoms with Crippen LogP contribution in [0.1, 0.15) is 93.0 Å². The number of carboxylic acids is 2. The number of carbonyl (C=O) groups is 5. The van der Waals surface area contributed by atoms with Crippen molar-refractivity contribution in [2.45, 2.75) is 59.8 Å². The summed E-state index contributed by atoms with van der Waals surface area (Å²) in [5.41, 5.74) is 12.1. The van der Waals surface area contributed by atoms with E-state index < -0.39 is 23.9 Å². The number of benzene rings is 3. The van der Waals surface area contributed by atoms with Gasteiger partial charge < -0.3 is 46.5 Å². The van der Waals surface area contributed by atoms with Crippen LogP contribution >= 0.6 is 0 Å². The molecule has 0 bridgehead atoms. The molecule has 2 radical (unpaired) electrons.